The predicted octanol–water partition coefficient (Wildman–Crippen LogP) is 1.97. The van der Waals surface area contributed by atoms with Crippen LogP contribution in [0.5, 0.6) is 0 Å². The molecular weight excluding hydrogens is 256 g/mol. The highest BCUT2D eigenvalue weighted by molar-refractivity contribution is 5.47. The van der Waals surface area contributed by atoms with E-state index < -0.39 is 0 Å². The molecule has 2 fully saturated rings. The molecule has 2 aliphatic rings. The van der Waals surface area contributed by atoms with Gasteiger partial charge in [0.25, 0.3) is 5.69 Å². The first-order chi connectivity index (χ1) is 9.65. The van der Waals surface area contributed by atoms with Gasteiger partial charge in [-0.2, -0.15) is 0 Å². The molecule has 0 unspecified atom stereocenters. The van der Waals surface area contributed by atoms with Crippen LogP contribution in [0.4, 0.5) is 11.5 Å². The SMILES string of the molecule is Cc1nc(N2CC[C@@H](N3CCCC3)C2)ccc1[N+](=O)[O-]. The Morgan fingerprint density at radius 3 is 2.70 bits per heavy atom. The molecule has 20 heavy (non-hydrogen) atoms. The first-order valence-corrected chi connectivity index (χ1v) is 7.26. The zero-order valence-electron chi connectivity index (χ0n) is 11.8. The molecular formula is C14H20N4O2. The summed E-state index contributed by atoms with van der Waals surface area (Å²) in [6.45, 7) is 6.11. The average Bonchev–Trinajstić information content (AvgIpc) is 3.09. The second kappa shape index (κ2) is 5.36. The lowest BCUT2D eigenvalue weighted by Gasteiger charge is -2.24. The maximum atomic E-state index is 10.8. The average molecular weight is 276 g/mol. The molecule has 0 amide bonds. The highest BCUT2D eigenvalue weighted by Crippen LogP contribution is 2.26. The summed E-state index contributed by atoms with van der Waals surface area (Å²) in [5, 5.41) is 10.8. The number of aromatic nitrogens is 1. The number of pyridine rings is 1. The maximum absolute atomic E-state index is 10.8. The topological polar surface area (TPSA) is 62.5 Å². The Hall–Kier alpha value is -1.69. The van der Waals surface area contributed by atoms with Crippen molar-refractivity contribution in [1.29, 1.82) is 0 Å². The first kappa shape index (κ1) is 13.3. The van der Waals surface area contributed by atoms with E-state index in [1.54, 1.807) is 19.1 Å². The molecule has 108 valence electrons. The van der Waals surface area contributed by atoms with Crippen molar-refractivity contribution >= 4 is 11.5 Å². The van der Waals surface area contributed by atoms with Crippen molar-refractivity contribution in [2.24, 2.45) is 0 Å². The van der Waals surface area contributed by atoms with Crippen LogP contribution >= 0.6 is 0 Å². The molecule has 3 rings (SSSR count). The normalized spacial score (nSPS) is 23.4. The number of aryl methyl sites for hydroxylation is 1. The van der Waals surface area contributed by atoms with E-state index in [1.807, 2.05) is 0 Å². The number of anilines is 1. The number of hydrogen-bond donors (Lipinski definition) is 0. The summed E-state index contributed by atoms with van der Waals surface area (Å²) in [5.41, 5.74) is 0.598. The Bertz CT molecular complexity index is 514. The zero-order chi connectivity index (χ0) is 14.1. The van der Waals surface area contributed by atoms with Crippen LogP contribution < -0.4 is 4.90 Å². The Balaban J connectivity index is 1.71. The molecule has 6 nitrogen and oxygen atoms in total. The Morgan fingerprint density at radius 2 is 2.05 bits per heavy atom. The van der Waals surface area contributed by atoms with Crippen molar-refractivity contribution in [2.45, 2.75) is 32.2 Å². The first-order valence-electron chi connectivity index (χ1n) is 7.26. The zero-order valence-corrected chi connectivity index (χ0v) is 11.8. The van der Waals surface area contributed by atoms with Crippen LogP contribution in [0.3, 0.4) is 0 Å². The Labute approximate surface area is 118 Å². The monoisotopic (exact) mass is 276 g/mol. The highest BCUT2D eigenvalue weighted by Gasteiger charge is 2.30. The number of nitrogens with zero attached hydrogens (tertiary/aromatic N) is 4. The molecule has 0 bridgehead atoms. The van der Waals surface area contributed by atoms with Gasteiger partial charge in [-0.3, -0.25) is 15.0 Å². The van der Waals surface area contributed by atoms with Gasteiger partial charge in [0, 0.05) is 25.2 Å². The molecule has 1 aromatic heterocycles. The summed E-state index contributed by atoms with van der Waals surface area (Å²) in [4.78, 5) is 19.7. The fourth-order valence-corrected chi connectivity index (χ4v) is 3.26. The minimum atomic E-state index is -0.372. The van der Waals surface area contributed by atoms with Crippen LogP contribution in [0.25, 0.3) is 0 Å². The van der Waals surface area contributed by atoms with E-state index in [0.717, 1.165) is 25.3 Å². The van der Waals surface area contributed by atoms with Gasteiger partial charge < -0.3 is 4.90 Å². The molecule has 0 N–H and O–H groups in total. The minimum Gasteiger partial charge on any atom is -0.355 e. The van der Waals surface area contributed by atoms with Gasteiger partial charge in [-0.1, -0.05) is 0 Å². The number of rotatable bonds is 3. The molecule has 2 aliphatic heterocycles. The predicted molar refractivity (Wildman–Crippen MR) is 77.1 cm³/mol. The van der Waals surface area contributed by atoms with Crippen LogP contribution in [0.1, 0.15) is 25.0 Å². The van der Waals surface area contributed by atoms with E-state index in [1.165, 1.54) is 25.9 Å². The van der Waals surface area contributed by atoms with Gasteiger partial charge in [-0.05, 0) is 45.3 Å². The standard InChI is InChI=1S/C14H20N4O2/c1-11-13(18(19)20)4-5-14(15-11)17-9-6-12(10-17)16-7-2-3-8-16/h4-5,12H,2-3,6-10H2,1H3/t12-/m1/s1. The van der Waals surface area contributed by atoms with Crippen LogP contribution in [0.15, 0.2) is 12.1 Å². The fraction of sp³-hybridized carbons (Fsp3) is 0.643. The van der Waals surface area contributed by atoms with Gasteiger partial charge >= 0.3 is 0 Å². The molecule has 0 saturated carbocycles. The van der Waals surface area contributed by atoms with Gasteiger partial charge in [0.05, 0.1) is 4.92 Å². The molecule has 0 spiro atoms. The fourth-order valence-electron chi connectivity index (χ4n) is 3.26. The lowest BCUT2D eigenvalue weighted by molar-refractivity contribution is -0.385. The van der Waals surface area contributed by atoms with E-state index >= 15 is 0 Å². The second-order valence-corrected chi connectivity index (χ2v) is 5.66. The Kier molecular flexibility index (Phi) is 3.56. The summed E-state index contributed by atoms with van der Waals surface area (Å²) >= 11 is 0. The highest BCUT2D eigenvalue weighted by atomic mass is 16.6. The molecule has 3 heterocycles. The van der Waals surface area contributed by atoms with Crippen LogP contribution in [0, 0.1) is 17.0 Å². The van der Waals surface area contributed by atoms with Crippen molar-refractivity contribution in [3.63, 3.8) is 0 Å². The van der Waals surface area contributed by atoms with Crippen molar-refractivity contribution in [3.05, 3.63) is 27.9 Å². The van der Waals surface area contributed by atoms with Crippen molar-refractivity contribution in [3.8, 4) is 0 Å². The quantitative estimate of drug-likeness (QED) is 0.624. The summed E-state index contributed by atoms with van der Waals surface area (Å²) < 4.78 is 0. The minimum absolute atomic E-state index is 0.101. The lowest BCUT2D eigenvalue weighted by atomic mass is 10.2. The van der Waals surface area contributed by atoms with Crippen molar-refractivity contribution < 1.29 is 4.92 Å². The van der Waals surface area contributed by atoms with Gasteiger partial charge in [0.2, 0.25) is 0 Å². The van der Waals surface area contributed by atoms with Gasteiger partial charge in [-0.15, -0.1) is 0 Å². The summed E-state index contributed by atoms with van der Waals surface area (Å²) in [7, 11) is 0. The number of hydrogen-bond acceptors (Lipinski definition) is 5. The summed E-state index contributed by atoms with van der Waals surface area (Å²) in [6, 6.07) is 3.97. The molecule has 0 radical (unpaired) electrons. The van der Waals surface area contributed by atoms with Crippen LogP contribution in [-0.2, 0) is 0 Å². The van der Waals surface area contributed by atoms with Gasteiger partial charge in [0.1, 0.15) is 11.5 Å². The third kappa shape index (κ3) is 2.47. The smallest absolute Gasteiger partial charge is 0.290 e. The number of likely N-dealkylation sites (tertiary alicyclic amines) is 1. The largest absolute Gasteiger partial charge is 0.355 e. The van der Waals surface area contributed by atoms with Crippen LogP contribution in [-0.4, -0.2) is 47.0 Å². The third-order valence-corrected chi connectivity index (χ3v) is 4.38. The number of nitro groups is 1. The molecule has 1 aromatic rings. The van der Waals surface area contributed by atoms with Crippen molar-refractivity contribution in [1.82, 2.24) is 9.88 Å². The van der Waals surface area contributed by atoms with Crippen molar-refractivity contribution in [2.75, 3.05) is 31.1 Å². The van der Waals surface area contributed by atoms with E-state index in [4.69, 9.17) is 0 Å². The summed E-state index contributed by atoms with van der Waals surface area (Å²) in [5.74, 6) is 0.870. The molecule has 6 heteroatoms. The Morgan fingerprint density at radius 1 is 1.30 bits per heavy atom. The van der Waals surface area contributed by atoms with Gasteiger partial charge in [-0.25, -0.2) is 4.98 Å². The van der Waals surface area contributed by atoms with E-state index in [-0.39, 0.29) is 10.6 Å². The van der Waals surface area contributed by atoms with Gasteiger partial charge in [0.15, 0.2) is 0 Å². The van der Waals surface area contributed by atoms with E-state index in [0.29, 0.717) is 11.7 Å². The molecule has 0 aliphatic carbocycles. The second-order valence-electron chi connectivity index (χ2n) is 5.66. The third-order valence-electron chi connectivity index (χ3n) is 4.38. The van der Waals surface area contributed by atoms with E-state index in [2.05, 4.69) is 14.8 Å². The molecule has 2 saturated heterocycles. The molecule has 1 atom stereocenters. The van der Waals surface area contributed by atoms with Crippen LogP contribution in [0.2, 0.25) is 0 Å². The maximum Gasteiger partial charge on any atom is 0.290 e. The summed E-state index contributed by atoms with van der Waals surface area (Å²) in [6.07, 6.45) is 3.79. The van der Waals surface area contributed by atoms with E-state index in [9.17, 15) is 10.1 Å². The molecule has 0 aromatic carbocycles. The lowest BCUT2D eigenvalue weighted by Crippen LogP contribution is -2.35.